The number of carbonyl (C=O) groups excluding carboxylic acids is 2. The van der Waals surface area contributed by atoms with E-state index in [-0.39, 0.29) is 29.4 Å². The number of nitriles is 1. The first-order chi connectivity index (χ1) is 23.0. The molecule has 2 saturated heterocycles. The molecular weight excluding hydrogens is 629 g/mol. The van der Waals surface area contributed by atoms with Crippen LogP contribution in [0.5, 0.6) is 0 Å². The minimum atomic E-state index is -4.74. The third kappa shape index (κ3) is 11.0. The Labute approximate surface area is 277 Å². The smallest absolute Gasteiger partial charge is 0.378 e. The number of alkyl halides is 3. The second-order valence-electron chi connectivity index (χ2n) is 11.9. The molecule has 2 aromatic rings. The number of nitrogens with zero attached hydrogens (tertiary/aromatic N) is 5. The number of piperidine rings is 1. The zero-order chi connectivity index (χ0) is 34.5. The Kier molecular flexibility index (Phi) is 13.2. The van der Waals surface area contributed by atoms with Crippen LogP contribution < -0.4 is 31.5 Å². The van der Waals surface area contributed by atoms with Gasteiger partial charge in [0.2, 0.25) is 17.6 Å². The summed E-state index contributed by atoms with van der Waals surface area (Å²) in [4.78, 5) is 36.2. The number of carbonyl (C=O) groups is 2. The number of nitrogens with one attached hydrogen (secondary N) is 4. The van der Waals surface area contributed by atoms with Crippen LogP contribution in [0.1, 0.15) is 55.5 Å². The van der Waals surface area contributed by atoms with Crippen LogP contribution in [0.15, 0.2) is 30.3 Å². The molecule has 2 aliphatic heterocycles. The summed E-state index contributed by atoms with van der Waals surface area (Å²) in [5.74, 6) is -1.06. The highest BCUT2D eigenvalue weighted by Gasteiger charge is 2.40. The molecule has 13 nitrogen and oxygen atoms in total. The van der Waals surface area contributed by atoms with E-state index in [1.165, 1.54) is 0 Å². The molecule has 0 saturated carbocycles. The Bertz CT molecular complexity index is 1430. The number of rotatable bonds is 16. The van der Waals surface area contributed by atoms with Gasteiger partial charge < -0.3 is 36.2 Å². The number of ether oxygens (including phenoxy) is 1. The van der Waals surface area contributed by atoms with Gasteiger partial charge in [-0.05, 0) is 62.1 Å². The summed E-state index contributed by atoms with van der Waals surface area (Å²) >= 11 is 0. The van der Waals surface area contributed by atoms with E-state index in [0.29, 0.717) is 89.6 Å². The molecule has 48 heavy (non-hydrogen) atoms. The molecule has 0 radical (unpaired) electrons. The van der Waals surface area contributed by atoms with Gasteiger partial charge in [-0.1, -0.05) is 12.1 Å². The molecule has 260 valence electrons. The lowest BCUT2D eigenvalue weighted by Crippen LogP contribution is -2.57. The van der Waals surface area contributed by atoms with Crippen molar-refractivity contribution in [2.24, 2.45) is 11.7 Å². The fourth-order valence-corrected chi connectivity index (χ4v) is 5.70. The van der Waals surface area contributed by atoms with Gasteiger partial charge in [-0.3, -0.25) is 15.0 Å². The van der Waals surface area contributed by atoms with Crippen LogP contribution in [-0.2, 0) is 26.9 Å². The summed E-state index contributed by atoms with van der Waals surface area (Å²) in [6, 6.07) is 10.0. The number of benzene rings is 1. The van der Waals surface area contributed by atoms with E-state index in [1.54, 1.807) is 23.1 Å². The fraction of sp³-hybridized carbons (Fsp3) is 0.562. The maximum atomic E-state index is 13.9. The van der Waals surface area contributed by atoms with Gasteiger partial charge in [0.1, 0.15) is 17.7 Å². The van der Waals surface area contributed by atoms with Crippen LogP contribution in [0.25, 0.3) is 0 Å². The normalized spacial score (nSPS) is 16.5. The minimum absolute atomic E-state index is 0.0598. The predicted octanol–water partition coefficient (Wildman–Crippen LogP) is 2.31. The lowest BCUT2D eigenvalue weighted by molar-refractivity contribution is -0.144. The predicted molar refractivity (Wildman–Crippen MR) is 173 cm³/mol. The molecule has 2 fully saturated rings. The van der Waals surface area contributed by atoms with E-state index in [0.717, 1.165) is 24.8 Å². The maximum Gasteiger partial charge on any atom is 0.451 e. The number of amides is 2. The summed E-state index contributed by atoms with van der Waals surface area (Å²) in [7, 11) is 0. The van der Waals surface area contributed by atoms with Crippen molar-refractivity contribution in [3.05, 3.63) is 47.3 Å². The van der Waals surface area contributed by atoms with Crippen LogP contribution in [0.4, 0.5) is 24.8 Å². The molecule has 3 heterocycles. The molecule has 1 atom stereocenters. The summed E-state index contributed by atoms with van der Waals surface area (Å²) in [6.45, 7) is 3.36. The van der Waals surface area contributed by atoms with Crippen molar-refractivity contribution in [2.45, 2.75) is 57.2 Å². The molecule has 0 bridgehead atoms. The first-order valence-electron chi connectivity index (χ1n) is 16.2. The third-order valence-corrected chi connectivity index (χ3v) is 8.45. The highest BCUT2D eigenvalue weighted by atomic mass is 19.4. The average molecular weight is 673 g/mol. The average Bonchev–Trinajstić information content (AvgIpc) is 3.04. The van der Waals surface area contributed by atoms with Crippen molar-refractivity contribution < 1.29 is 27.5 Å². The van der Waals surface area contributed by atoms with E-state index in [1.807, 2.05) is 17.0 Å². The van der Waals surface area contributed by atoms with E-state index >= 15 is 0 Å². The van der Waals surface area contributed by atoms with Crippen LogP contribution in [0, 0.1) is 22.7 Å². The van der Waals surface area contributed by atoms with E-state index in [9.17, 15) is 22.8 Å². The van der Waals surface area contributed by atoms with Gasteiger partial charge in [-0.25, -0.2) is 9.97 Å². The zero-order valence-corrected chi connectivity index (χ0v) is 26.8. The molecule has 0 aliphatic carbocycles. The molecule has 1 unspecified atom stereocenters. The Morgan fingerprint density at radius 2 is 1.69 bits per heavy atom. The molecule has 16 heteroatoms. The Hall–Kier alpha value is -4.65. The topological polar surface area (TPSA) is 185 Å². The van der Waals surface area contributed by atoms with Gasteiger partial charge in [0.05, 0.1) is 24.8 Å². The number of aromatic nitrogens is 2. The van der Waals surface area contributed by atoms with Crippen molar-refractivity contribution in [1.29, 1.82) is 10.7 Å². The van der Waals surface area contributed by atoms with Gasteiger partial charge in [-0.2, -0.15) is 18.4 Å². The highest BCUT2D eigenvalue weighted by molar-refractivity contribution is 5.86. The quantitative estimate of drug-likeness (QED) is 0.101. The lowest BCUT2D eigenvalue weighted by atomic mass is 9.91. The number of hydrogen-bond donors (Lipinski definition) is 5. The lowest BCUT2D eigenvalue weighted by Gasteiger charge is -2.41. The molecular formula is C32H43F3N10O3. The standard InChI is InChI=1S/C32H43F3N10O3/c33-32(34,35)30-42-26(44-15-9-22(10-16-44)2-1-3-28(46)39-13-18-48-19-14-41-31(37)38)20-27(43-30)45-17-11-25(45)29(47)40-12-8-23-4-6-24(21-36)7-5-23/h4-7,20,22,25H,1-3,8-19H2,(H,39,46)(H,40,47)(H4,37,38,41). The third-order valence-electron chi connectivity index (χ3n) is 8.45. The Morgan fingerprint density at radius 3 is 2.31 bits per heavy atom. The van der Waals surface area contributed by atoms with Gasteiger partial charge in [0.15, 0.2) is 5.96 Å². The SMILES string of the molecule is N#Cc1ccc(CCNC(=O)C2CCN2c2cc(N3CCC(CCCC(=O)NCCOCCNC(=N)N)CC3)nc(C(F)(F)F)n2)cc1. The number of nitrogens with two attached hydrogens (primary N) is 1. The summed E-state index contributed by atoms with van der Waals surface area (Å²) in [6.07, 6.45) is -0.226. The molecule has 2 aliphatic rings. The second-order valence-corrected chi connectivity index (χ2v) is 11.9. The van der Waals surface area contributed by atoms with Crippen molar-refractivity contribution in [3.63, 3.8) is 0 Å². The van der Waals surface area contributed by atoms with Gasteiger partial charge in [0, 0.05) is 51.8 Å². The molecule has 1 aromatic carbocycles. The molecule has 0 spiro atoms. The number of guanidine groups is 1. The van der Waals surface area contributed by atoms with Crippen LogP contribution >= 0.6 is 0 Å². The largest absolute Gasteiger partial charge is 0.451 e. The Balaban J connectivity index is 1.23. The van der Waals surface area contributed by atoms with Gasteiger partial charge in [0.25, 0.3) is 0 Å². The number of anilines is 2. The van der Waals surface area contributed by atoms with Gasteiger partial charge in [-0.15, -0.1) is 0 Å². The number of halogens is 3. The van der Waals surface area contributed by atoms with Crippen LogP contribution in [0.3, 0.4) is 0 Å². The second kappa shape index (κ2) is 17.5. The minimum Gasteiger partial charge on any atom is -0.378 e. The van der Waals surface area contributed by atoms with Crippen molar-refractivity contribution in [2.75, 3.05) is 62.3 Å². The van der Waals surface area contributed by atoms with Crippen molar-refractivity contribution in [3.8, 4) is 6.07 Å². The van der Waals surface area contributed by atoms with Crippen LogP contribution in [0.2, 0.25) is 0 Å². The zero-order valence-electron chi connectivity index (χ0n) is 26.8. The molecule has 4 rings (SSSR count). The Morgan fingerprint density at radius 1 is 1.00 bits per heavy atom. The van der Waals surface area contributed by atoms with E-state index < -0.39 is 18.0 Å². The molecule has 1 aromatic heterocycles. The summed E-state index contributed by atoms with van der Waals surface area (Å²) in [5.41, 5.74) is 6.69. The first-order valence-corrected chi connectivity index (χ1v) is 16.2. The van der Waals surface area contributed by atoms with E-state index in [4.69, 9.17) is 21.1 Å². The molecule has 2 amide bonds. The fourth-order valence-electron chi connectivity index (χ4n) is 5.70. The first kappa shape index (κ1) is 36.2. The van der Waals surface area contributed by atoms with Crippen molar-refractivity contribution in [1.82, 2.24) is 25.9 Å². The molecule has 6 N–H and O–H groups in total. The summed E-state index contributed by atoms with van der Waals surface area (Å²) < 4.78 is 46.9. The van der Waals surface area contributed by atoms with Crippen LogP contribution in [-0.4, -0.2) is 86.3 Å². The van der Waals surface area contributed by atoms with E-state index in [2.05, 4.69) is 32.0 Å². The van der Waals surface area contributed by atoms with Crippen molar-refractivity contribution >= 4 is 29.4 Å². The maximum absolute atomic E-state index is 13.9. The van der Waals surface area contributed by atoms with Gasteiger partial charge >= 0.3 is 6.18 Å². The highest BCUT2D eigenvalue weighted by Crippen LogP contribution is 2.34. The summed E-state index contributed by atoms with van der Waals surface area (Å²) in [5, 5.41) is 24.3. The monoisotopic (exact) mass is 672 g/mol. The number of hydrogen-bond acceptors (Lipinski definition) is 9.